The van der Waals surface area contributed by atoms with Crippen molar-refractivity contribution in [2.24, 2.45) is 0 Å². The maximum Gasteiger partial charge on any atom is 0.249 e. The summed E-state index contributed by atoms with van der Waals surface area (Å²) >= 11 is 6.31. The van der Waals surface area contributed by atoms with Gasteiger partial charge in [0.25, 0.3) is 0 Å². The Balaban J connectivity index is 2.31. The van der Waals surface area contributed by atoms with Crippen LogP contribution in [0.5, 0.6) is 0 Å². The fraction of sp³-hybridized carbons (Fsp3) is 0.278. The molecule has 0 aliphatic carbocycles. The monoisotopic (exact) mass is 301 g/mol. The fourth-order valence-electron chi connectivity index (χ4n) is 2.20. The van der Waals surface area contributed by atoms with Crippen LogP contribution in [0.3, 0.4) is 0 Å². The highest BCUT2D eigenvalue weighted by molar-refractivity contribution is 6.33. The number of hydrogen-bond acceptors (Lipinski definition) is 1. The summed E-state index contributed by atoms with van der Waals surface area (Å²) in [4.78, 5) is 14.4. The highest BCUT2D eigenvalue weighted by Crippen LogP contribution is 2.27. The van der Waals surface area contributed by atoms with Crippen LogP contribution in [0.25, 0.3) is 0 Å². The Labute approximate surface area is 131 Å². The van der Waals surface area contributed by atoms with Crippen molar-refractivity contribution in [1.82, 2.24) is 0 Å². The molecule has 0 unspecified atom stereocenters. The van der Waals surface area contributed by atoms with Gasteiger partial charge in [-0.05, 0) is 30.7 Å². The molecule has 1 amide bonds. The number of anilines is 2. The van der Waals surface area contributed by atoms with Crippen LogP contribution in [-0.4, -0.2) is 11.3 Å². The Morgan fingerprint density at radius 2 is 1.48 bits per heavy atom. The van der Waals surface area contributed by atoms with E-state index in [0.29, 0.717) is 6.42 Å². The average molecular weight is 302 g/mol. The van der Waals surface area contributed by atoms with E-state index in [2.05, 4.69) is 6.92 Å². The van der Waals surface area contributed by atoms with Gasteiger partial charge in [-0.25, -0.2) is 0 Å². The summed E-state index contributed by atoms with van der Waals surface area (Å²) in [6.07, 6.45) is 2.69. The molecular weight excluding hydrogens is 282 g/mol. The highest BCUT2D eigenvalue weighted by Gasteiger charge is 2.24. The third-order valence-corrected chi connectivity index (χ3v) is 3.73. The summed E-state index contributed by atoms with van der Waals surface area (Å²) in [7, 11) is 0. The molecule has 0 fully saturated rings. The molecule has 0 saturated carbocycles. The minimum atomic E-state index is -0.495. The zero-order valence-corrected chi connectivity index (χ0v) is 13.0. The second-order valence-electron chi connectivity index (χ2n) is 4.95. The molecule has 0 saturated heterocycles. The quantitative estimate of drug-likeness (QED) is 0.676. The van der Waals surface area contributed by atoms with Gasteiger partial charge in [-0.15, -0.1) is 11.6 Å². The minimum Gasteiger partial charge on any atom is -0.280 e. The second-order valence-corrected chi connectivity index (χ2v) is 5.48. The lowest BCUT2D eigenvalue weighted by molar-refractivity contribution is -0.117. The molecule has 0 heterocycles. The number of carbonyl (C=O) groups excluding carboxylic acids is 1. The summed E-state index contributed by atoms with van der Waals surface area (Å²) in [6, 6.07) is 19.3. The van der Waals surface area contributed by atoms with Crippen LogP contribution >= 0.6 is 11.6 Å². The number of para-hydroxylation sites is 2. The minimum absolute atomic E-state index is 0.0671. The van der Waals surface area contributed by atoms with Crippen molar-refractivity contribution in [2.45, 2.75) is 31.6 Å². The number of amides is 1. The van der Waals surface area contributed by atoms with Crippen molar-refractivity contribution in [1.29, 1.82) is 0 Å². The molecular formula is C18H20ClNO. The van der Waals surface area contributed by atoms with Crippen LogP contribution in [-0.2, 0) is 4.79 Å². The molecule has 3 heteroatoms. The van der Waals surface area contributed by atoms with Crippen molar-refractivity contribution < 1.29 is 4.79 Å². The van der Waals surface area contributed by atoms with Crippen molar-refractivity contribution in [3.63, 3.8) is 0 Å². The number of alkyl halides is 1. The van der Waals surface area contributed by atoms with Gasteiger partial charge in [-0.1, -0.05) is 56.2 Å². The van der Waals surface area contributed by atoms with Crippen molar-refractivity contribution in [3.05, 3.63) is 60.7 Å². The van der Waals surface area contributed by atoms with Gasteiger partial charge in [-0.3, -0.25) is 9.69 Å². The summed E-state index contributed by atoms with van der Waals surface area (Å²) in [5, 5.41) is -0.495. The van der Waals surface area contributed by atoms with Crippen LogP contribution in [0.1, 0.15) is 26.2 Å². The normalized spacial score (nSPS) is 11.9. The fourth-order valence-corrected chi connectivity index (χ4v) is 2.46. The molecule has 2 aromatic rings. The van der Waals surface area contributed by atoms with Crippen LogP contribution in [0, 0.1) is 0 Å². The number of carbonyl (C=O) groups is 1. The van der Waals surface area contributed by atoms with E-state index in [1.165, 1.54) is 0 Å². The van der Waals surface area contributed by atoms with E-state index in [1.54, 1.807) is 4.90 Å². The topological polar surface area (TPSA) is 20.3 Å². The first kappa shape index (κ1) is 15.6. The van der Waals surface area contributed by atoms with E-state index >= 15 is 0 Å². The summed E-state index contributed by atoms with van der Waals surface area (Å²) in [5.41, 5.74) is 1.69. The lowest BCUT2D eigenvalue weighted by Crippen LogP contribution is -2.33. The molecule has 2 nitrogen and oxygen atoms in total. The summed E-state index contributed by atoms with van der Waals surface area (Å²) < 4.78 is 0. The van der Waals surface area contributed by atoms with Gasteiger partial charge in [0, 0.05) is 11.4 Å². The van der Waals surface area contributed by atoms with E-state index < -0.39 is 5.38 Å². The van der Waals surface area contributed by atoms with E-state index in [-0.39, 0.29) is 5.91 Å². The first-order valence-corrected chi connectivity index (χ1v) is 7.75. The molecule has 0 aliphatic rings. The van der Waals surface area contributed by atoms with Crippen molar-refractivity contribution in [2.75, 3.05) is 4.90 Å². The van der Waals surface area contributed by atoms with Crippen LogP contribution in [0.2, 0.25) is 0 Å². The first-order chi connectivity index (χ1) is 10.2. The first-order valence-electron chi connectivity index (χ1n) is 7.32. The lowest BCUT2D eigenvalue weighted by Gasteiger charge is -2.25. The van der Waals surface area contributed by atoms with Gasteiger partial charge in [-0.2, -0.15) is 0 Å². The molecule has 0 radical (unpaired) electrons. The molecule has 110 valence electrons. The number of unbranched alkanes of at least 4 members (excludes halogenated alkanes) is 1. The molecule has 2 aromatic carbocycles. The second kappa shape index (κ2) is 7.84. The summed E-state index contributed by atoms with van der Waals surface area (Å²) in [6.45, 7) is 2.10. The zero-order chi connectivity index (χ0) is 15.1. The Hall–Kier alpha value is -1.80. The molecule has 1 atom stereocenters. The van der Waals surface area contributed by atoms with Gasteiger partial charge in [0.15, 0.2) is 0 Å². The van der Waals surface area contributed by atoms with Gasteiger partial charge < -0.3 is 0 Å². The number of hydrogen-bond donors (Lipinski definition) is 0. The lowest BCUT2D eigenvalue weighted by atomic mass is 10.1. The van der Waals surface area contributed by atoms with Crippen LogP contribution in [0.4, 0.5) is 11.4 Å². The molecule has 0 aliphatic heterocycles. The predicted octanol–water partition coefficient (Wildman–Crippen LogP) is 5.15. The molecule has 2 rings (SSSR count). The van der Waals surface area contributed by atoms with Crippen LogP contribution < -0.4 is 4.90 Å². The predicted molar refractivity (Wildman–Crippen MR) is 89.2 cm³/mol. The largest absolute Gasteiger partial charge is 0.280 e. The zero-order valence-electron chi connectivity index (χ0n) is 12.2. The maximum atomic E-state index is 12.7. The van der Waals surface area contributed by atoms with Crippen molar-refractivity contribution >= 4 is 28.9 Å². The maximum absolute atomic E-state index is 12.7. The average Bonchev–Trinajstić information content (AvgIpc) is 2.54. The third-order valence-electron chi connectivity index (χ3n) is 3.33. The Kier molecular flexibility index (Phi) is 5.82. The van der Waals surface area contributed by atoms with Gasteiger partial charge in [0.2, 0.25) is 5.91 Å². The Bertz CT molecular complexity index is 516. The smallest absolute Gasteiger partial charge is 0.249 e. The van der Waals surface area contributed by atoms with E-state index in [9.17, 15) is 4.79 Å². The highest BCUT2D eigenvalue weighted by atomic mass is 35.5. The van der Waals surface area contributed by atoms with E-state index in [0.717, 1.165) is 24.2 Å². The standard InChI is InChI=1S/C18H20ClNO/c1-2-3-14-17(19)18(21)20(15-10-6-4-7-11-15)16-12-8-5-9-13-16/h4-13,17H,2-3,14H2,1H3/t17-/m0/s1. The van der Waals surface area contributed by atoms with Crippen LogP contribution in [0.15, 0.2) is 60.7 Å². The molecule has 21 heavy (non-hydrogen) atoms. The number of halogens is 1. The Morgan fingerprint density at radius 1 is 1.00 bits per heavy atom. The number of benzene rings is 2. The van der Waals surface area contributed by atoms with E-state index in [4.69, 9.17) is 11.6 Å². The van der Waals surface area contributed by atoms with Gasteiger partial charge in [0.05, 0.1) is 0 Å². The van der Waals surface area contributed by atoms with Crippen molar-refractivity contribution in [3.8, 4) is 0 Å². The van der Waals surface area contributed by atoms with Gasteiger partial charge in [0.1, 0.15) is 5.38 Å². The SMILES string of the molecule is CCCC[C@H](Cl)C(=O)N(c1ccccc1)c1ccccc1. The Morgan fingerprint density at radius 3 is 1.90 bits per heavy atom. The van der Waals surface area contributed by atoms with Gasteiger partial charge >= 0.3 is 0 Å². The van der Waals surface area contributed by atoms with E-state index in [1.807, 2.05) is 60.7 Å². The molecule has 0 aromatic heterocycles. The number of nitrogens with zero attached hydrogens (tertiary/aromatic N) is 1. The number of rotatable bonds is 6. The molecule has 0 spiro atoms. The molecule has 0 bridgehead atoms. The third kappa shape index (κ3) is 4.08. The molecule has 0 N–H and O–H groups in total. The summed E-state index contributed by atoms with van der Waals surface area (Å²) in [5.74, 6) is -0.0671.